The van der Waals surface area contributed by atoms with E-state index < -0.39 is 0 Å². The second-order valence-corrected chi connectivity index (χ2v) is 5.55. The van der Waals surface area contributed by atoms with E-state index in [4.69, 9.17) is 23.8 Å². The van der Waals surface area contributed by atoms with Crippen LogP contribution in [-0.2, 0) is 0 Å². The number of halogens is 2. The van der Waals surface area contributed by atoms with E-state index in [1.54, 1.807) is 0 Å². The Labute approximate surface area is 115 Å². The van der Waals surface area contributed by atoms with Gasteiger partial charge in [-0.25, -0.2) is 0 Å². The molecule has 16 heavy (non-hydrogen) atoms. The van der Waals surface area contributed by atoms with Crippen molar-refractivity contribution in [1.29, 1.82) is 0 Å². The van der Waals surface area contributed by atoms with Gasteiger partial charge in [-0.15, -0.1) is 0 Å². The summed E-state index contributed by atoms with van der Waals surface area (Å²) in [6, 6.07) is 5.53. The normalized spacial score (nSPS) is 10.3. The fourth-order valence-corrected chi connectivity index (χ4v) is 2.03. The molecule has 0 aromatic heterocycles. The van der Waals surface area contributed by atoms with Gasteiger partial charge in [0, 0.05) is 16.0 Å². The summed E-state index contributed by atoms with van der Waals surface area (Å²) in [7, 11) is 0. The van der Waals surface area contributed by atoms with Crippen molar-refractivity contribution < 1.29 is 0 Å². The average molecular weight is 322 g/mol. The van der Waals surface area contributed by atoms with E-state index in [-0.39, 0.29) is 0 Å². The van der Waals surface area contributed by atoms with Gasteiger partial charge < -0.3 is 10.6 Å². The van der Waals surface area contributed by atoms with Crippen LogP contribution >= 0.6 is 39.7 Å². The molecule has 1 rings (SSSR count). The maximum Gasteiger partial charge on any atom is 0.170 e. The first-order chi connectivity index (χ1) is 7.49. The van der Waals surface area contributed by atoms with Crippen LogP contribution in [0.25, 0.3) is 0 Å². The van der Waals surface area contributed by atoms with Gasteiger partial charge in [-0.1, -0.05) is 25.4 Å². The van der Waals surface area contributed by atoms with Gasteiger partial charge in [0.2, 0.25) is 0 Å². The van der Waals surface area contributed by atoms with E-state index in [1.165, 1.54) is 0 Å². The lowest BCUT2D eigenvalue weighted by Gasteiger charge is -2.13. The van der Waals surface area contributed by atoms with Crippen LogP contribution in [0.3, 0.4) is 0 Å². The van der Waals surface area contributed by atoms with E-state index in [2.05, 4.69) is 40.4 Å². The van der Waals surface area contributed by atoms with Crippen molar-refractivity contribution in [1.82, 2.24) is 5.32 Å². The summed E-state index contributed by atoms with van der Waals surface area (Å²) in [6.07, 6.45) is 0. The molecule has 2 N–H and O–H groups in total. The molecule has 0 unspecified atom stereocenters. The van der Waals surface area contributed by atoms with Crippen LogP contribution in [0, 0.1) is 5.92 Å². The molecule has 0 saturated heterocycles. The van der Waals surface area contributed by atoms with Crippen molar-refractivity contribution in [3.8, 4) is 0 Å². The van der Waals surface area contributed by atoms with Crippen molar-refractivity contribution in [2.75, 3.05) is 11.9 Å². The topological polar surface area (TPSA) is 24.1 Å². The lowest BCUT2D eigenvalue weighted by atomic mass is 10.2. The number of rotatable bonds is 3. The van der Waals surface area contributed by atoms with Gasteiger partial charge in [-0.2, -0.15) is 0 Å². The standard InChI is InChI=1S/C11H14BrClN2S/c1-7(2)6-14-11(16)15-10-4-3-8(13)5-9(10)12/h3-5,7H,6H2,1-2H3,(H2,14,15,16). The Morgan fingerprint density at radius 1 is 1.50 bits per heavy atom. The highest BCUT2D eigenvalue weighted by Crippen LogP contribution is 2.25. The van der Waals surface area contributed by atoms with Gasteiger partial charge in [0.1, 0.15) is 0 Å². The van der Waals surface area contributed by atoms with Crippen molar-refractivity contribution >= 4 is 50.5 Å². The van der Waals surface area contributed by atoms with E-state index >= 15 is 0 Å². The Morgan fingerprint density at radius 3 is 2.75 bits per heavy atom. The zero-order valence-corrected chi connectivity index (χ0v) is 12.3. The molecule has 0 saturated carbocycles. The number of nitrogens with one attached hydrogen (secondary N) is 2. The monoisotopic (exact) mass is 320 g/mol. The third-order valence-corrected chi connectivity index (χ3v) is 2.99. The van der Waals surface area contributed by atoms with Crippen LogP contribution in [0.5, 0.6) is 0 Å². The first-order valence-electron chi connectivity index (χ1n) is 4.99. The molecule has 0 amide bonds. The number of benzene rings is 1. The lowest BCUT2D eigenvalue weighted by molar-refractivity contribution is 0.627. The third-order valence-electron chi connectivity index (χ3n) is 1.85. The molecule has 88 valence electrons. The summed E-state index contributed by atoms with van der Waals surface area (Å²) in [5.74, 6) is 0.563. The SMILES string of the molecule is CC(C)CNC(=S)Nc1ccc(Cl)cc1Br. The molecule has 1 aromatic carbocycles. The molecule has 0 bridgehead atoms. The molecule has 5 heteroatoms. The summed E-state index contributed by atoms with van der Waals surface area (Å²) >= 11 is 14.4. The summed E-state index contributed by atoms with van der Waals surface area (Å²) in [4.78, 5) is 0. The Morgan fingerprint density at radius 2 is 2.19 bits per heavy atom. The van der Waals surface area contributed by atoms with E-state index in [0.717, 1.165) is 16.7 Å². The zero-order chi connectivity index (χ0) is 12.1. The van der Waals surface area contributed by atoms with Crippen LogP contribution in [0.2, 0.25) is 5.02 Å². The highest BCUT2D eigenvalue weighted by molar-refractivity contribution is 9.10. The summed E-state index contributed by atoms with van der Waals surface area (Å²) in [6.45, 7) is 5.12. The molecule has 0 heterocycles. The molecule has 0 aliphatic rings. The van der Waals surface area contributed by atoms with Gasteiger partial charge in [-0.05, 0) is 52.3 Å². The molecule has 2 nitrogen and oxygen atoms in total. The minimum atomic E-state index is 0.563. The van der Waals surface area contributed by atoms with Gasteiger partial charge >= 0.3 is 0 Å². The molecule has 0 aliphatic carbocycles. The first-order valence-corrected chi connectivity index (χ1v) is 6.57. The molecule has 0 fully saturated rings. The second kappa shape index (κ2) is 6.42. The molecule has 0 aliphatic heterocycles. The highest BCUT2D eigenvalue weighted by Gasteiger charge is 2.03. The quantitative estimate of drug-likeness (QED) is 0.822. The Balaban J connectivity index is 2.56. The van der Waals surface area contributed by atoms with Gasteiger partial charge in [-0.3, -0.25) is 0 Å². The molecular formula is C11H14BrClN2S. The summed E-state index contributed by atoms with van der Waals surface area (Å²) in [5.41, 5.74) is 0.908. The van der Waals surface area contributed by atoms with E-state index in [9.17, 15) is 0 Å². The Kier molecular flexibility index (Phi) is 5.52. The van der Waals surface area contributed by atoms with Crippen LogP contribution in [0.4, 0.5) is 5.69 Å². The maximum absolute atomic E-state index is 5.85. The van der Waals surface area contributed by atoms with Crippen LogP contribution in [0.1, 0.15) is 13.8 Å². The molecule has 0 spiro atoms. The van der Waals surface area contributed by atoms with E-state index in [0.29, 0.717) is 16.1 Å². The predicted octanol–water partition coefficient (Wildman–Crippen LogP) is 4.04. The number of anilines is 1. The largest absolute Gasteiger partial charge is 0.362 e. The summed E-state index contributed by atoms with van der Waals surface area (Å²) in [5, 5.41) is 7.56. The summed E-state index contributed by atoms with van der Waals surface area (Å²) < 4.78 is 0.897. The minimum Gasteiger partial charge on any atom is -0.362 e. The van der Waals surface area contributed by atoms with Crippen molar-refractivity contribution in [3.63, 3.8) is 0 Å². The zero-order valence-electron chi connectivity index (χ0n) is 9.18. The minimum absolute atomic E-state index is 0.563. The van der Waals surface area contributed by atoms with Gasteiger partial charge in [0.25, 0.3) is 0 Å². The molecule has 1 aromatic rings. The Bertz CT molecular complexity index is 382. The van der Waals surface area contributed by atoms with E-state index in [1.807, 2.05) is 18.2 Å². The number of hydrogen-bond acceptors (Lipinski definition) is 1. The number of thiocarbonyl (C=S) groups is 1. The lowest BCUT2D eigenvalue weighted by Crippen LogP contribution is -2.31. The van der Waals surface area contributed by atoms with Crippen LogP contribution < -0.4 is 10.6 Å². The number of hydrogen-bond donors (Lipinski definition) is 2. The van der Waals surface area contributed by atoms with Crippen molar-refractivity contribution in [2.24, 2.45) is 5.92 Å². The van der Waals surface area contributed by atoms with Crippen LogP contribution in [-0.4, -0.2) is 11.7 Å². The molecule has 0 radical (unpaired) electrons. The molecular weight excluding hydrogens is 308 g/mol. The van der Waals surface area contributed by atoms with Crippen molar-refractivity contribution in [2.45, 2.75) is 13.8 Å². The van der Waals surface area contributed by atoms with Gasteiger partial charge in [0.05, 0.1) is 5.69 Å². The highest BCUT2D eigenvalue weighted by atomic mass is 79.9. The van der Waals surface area contributed by atoms with Crippen LogP contribution in [0.15, 0.2) is 22.7 Å². The first kappa shape index (κ1) is 13.7. The fourth-order valence-electron chi connectivity index (χ4n) is 1.05. The third kappa shape index (κ3) is 4.68. The maximum atomic E-state index is 5.85. The average Bonchev–Trinajstić information content (AvgIpc) is 2.19. The van der Waals surface area contributed by atoms with Crippen molar-refractivity contribution in [3.05, 3.63) is 27.7 Å². The fraction of sp³-hybridized carbons (Fsp3) is 0.364. The van der Waals surface area contributed by atoms with Gasteiger partial charge in [0.15, 0.2) is 5.11 Å². The second-order valence-electron chi connectivity index (χ2n) is 3.85. The predicted molar refractivity (Wildman–Crippen MR) is 78.2 cm³/mol. The molecule has 0 atom stereocenters. The Hall–Kier alpha value is -0.320. The smallest absolute Gasteiger partial charge is 0.170 e.